The summed E-state index contributed by atoms with van der Waals surface area (Å²) < 4.78 is 20.1. The van der Waals surface area contributed by atoms with E-state index in [2.05, 4.69) is 15.4 Å². The molecule has 0 aliphatic carbocycles. The third-order valence-corrected chi connectivity index (χ3v) is 6.26. The van der Waals surface area contributed by atoms with Crippen molar-refractivity contribution in [1.82, 2.24) is 25.0 Å². The van der Waals surface area contributed by atoms with E-state index in [0.717, 1.165) is 27.8 Å². The number of aromatic amines is 1. The van der Waals surface area contributed by atoms with E-state index in [0.29, 0.717) is 44.7 Å². The van der Waals surface area contributed by atoms with E-state index in [4.69, 9.17) is 4.74 Å². The predicted molar refractivity (Wildman–Crippen MR) is 129 cm³/mol. The van der Waals surface area contributed by atoms with E-state index in [1.807, 2.05) is 24.4 Å². The van der Waals surface area contributed by atoms with Crippen LogP contribution in [0.25, 0.3) is 10.9 Å². The number of ether oxygens (including phenoxy) is 1. The zero-order valence-electron chi connectivity index (χ0n) is 19.4. The summed E-state index contributed by atoms with van der Waals surface area (Å²) in [5.41, 5.74) is 3.54. The maximum absolute atomic E-state index is 13.2. The molecular formula is C26H26FN5O3. The van der Waals surface area contributed by atoms with Gasteiger partial charge < -0.3 is 19.9 Å². The van der Waals surface area contributed by atoms with E-state index >= 15 is 0 Å². The van der Waals surface area contributed by atoms with Crippen molar-refractivity contribution in [2.75, 3.05) is 20.2 Å². The quantitative estimate of drug-likeness (QED) is 0.428. The molecule has 0 atom stereocenters. The van der Waals surface area contributed by atoms with Gasteiger partial charge in [-0.2, -0.15) is 5.10 Å². The molecule has 180 valence electrons. The highest BCUT2D eigenvalue weighted by molar-refractivity contribution is 5.98. The van der Waals surface area contributed by atoms with Crippen molar-refractivity contribution >= 4 is 22.7 Å². The number of aromatic nitrogens is 3. The lowest BCUT2D eigenvalue weighted by Gasteiger charge is -2.20. The fourth-order valence-corrected chi connectivity index (χ4v) is 4.40. The summed E-state index contributed by atoms with van der Waals surface area (Å²) >= 11 is 0. The summed E-state index contributed by atoms with van der Waals surface area (Å²) in [5, 5.41) is 8.35. The molecule has 3 heterocycles. The number of hydrogen-bond acceptors (Lipinski definition) is 4. The molecule has 2 amide bonds. The number of rotatable bonds is 7. The van der Waals surface area contributed by atoms with Gasteiger partial charge in [0.25, 0.3) is 11.8 Å². The summed E-state index contributed by atoms with van der Waals surface area (Å²) in [4.78, 5) is 30.9. The number of hydrogen-bond donors (Lipinski definition) is 2. The molecule has 0 radical (unpaired) electrons. The zero-order valence-corrected chi connectivity index (χ0v) is 19.4. The number of amides is 2. The van der Waals surface area contributed by atoms with Crippen LogP contribution in [0, 0.1) is 5.82 Å². The Morgan fingerprint density at radius 2 is 2.00 bits per heavy atom. The third-order valence-electron chi connectivity index (χ3n) is 6.26. The van der Waals surface area contributed by atoms with Crippen LogP contribution in [0.2, 0.25) is 0 Å². The monoisotopic (exact) mass is 475 g/mol. The van der Waals surface area contributed by atoms with Crippen molar-refractivity contribution in [3.8, 4) is 5.75 Å². The molecule has 2 aromatic heterocycles. The molecule has 9 heteroatoms. The molecule has 0 bridgehead atoms. The average molecular weight is 476 g/mol. The fourth-order valence-electron chi connectivity index (χ4n) is 4.40. The average Bonchev–Trinajstić information content (AvgIpc) is 3.45. The molecule has 2 N–H and O–H groups in total. The van der Waals surface area contributed by atoms with Crippen molar-refractivity contribution in [1.29, 1.82) is 0 Å². The van der Waals surface area contributed by atoms with Gasteiger partial charge in [0.2, 0.25) is 0 Å². The lowest BCUT2D eigenvalue weighted by molar-refractivity contribution is 0.0745. The van der Waals surface area contributed by atoms with Gasteiger partial charge >= 0.3 is 0 Å². The number of carbonyl (C=O) groups excluding carboxylic acids is 2. The molecule has 0 spiro atoms. The molecule has 0 saturated carbocycles. The largest absolute Gasteiger partial charge is 0.497 e. The van der Waals surface area contributed by atoms with Crippen LogP contribution < -0.4 is 10.1 Å². The number of carbonyl (C=O) groups is 2. The molecule has 0 fully saturated rings. The van der Waals surface area contributed by atoms with Gasteiger partial charge in [-0.05, 0) is 54.3 Å². The van der Waals surface area contributed by atoms with Gasteiger partial charge in [0.1, 0.15) is 17.3 Å². The van der Waals surface area contributed by atoms with Gasteiger partial charge in [-0.25, -0.2) is 4.39 Å². The van der Waals surface area contributed by atoms with Crippen LogP contribution >= 0.6 is 0 Å². The fraction of sp³-hybridized carbons (Fsp3) is 0.269. The van der Waals surface area contributed by atoms with Crippen LogP contribution in [0.4, 0.5) is 4.39 Å². The van der Waals surface area contributed by atoms with Crippen LogP contribution in [0.3, 0.4) is 0 Å². The smallest absolute Gasteiger partial charge is 0.272 e. The van der Waals surface area contributed by atoms with Gasteiger partial charge in [0.15, 0.2) is 5.69 Å². The number of aryl methyl sites for hydroxylation is 1. The van der Waals surface area contributed by atoms with Gasteiger partial charge in [0, 0.05) is 49.3 Å². The van der Waals surface area contributed by atoms with Gasteiger partial charge in [-0.15, -0.1) is 0 Å². The predicted octanol–water partition coefficient (Wildman–Crippen LogP) is 3.53. The van der Waals surface area contributed by atoms with Gasteiger partial charge in [0.05, 0.1) is 7.11 Å². The summed E-state index contributed by atoms with van der Waals surface area (Å²) in [7, 11) is 1.63. The number of halogens is 1. The number of methoxy groups -OCH3 is 1. The number of H-pyrrole nitrogens is 1. The van der Waals surface area contributed by atoms with E-state index in [9.17, 15) is 14.0 Å². The minimum absolute atomic E-state index is 0.189. The van der Waals surface area contributed by atoms with Crippen LogP contribution in [-0.2, 0) is 19.5 Å². The number of benzene rings is 2. The van der Waals surface area contributed by atoms with E-state index in [-0.39, 0.29) is 23.3 Å². The summed E-state index contributed by atoms with van der Waals surface area (Å²) in [6, 6.07) is 13.5. The highest BCUT2D eigenvalue weighted by Gasteiger charge is 2.26. The van der Waals surface area contributed by atoms with E-state index in [1.165, 1.54) is 12.1 Å². The Hall–Kier alpha value is -4.14. The highest BCUT2D eigenvalue weighted by Crippen LogP contribution is 2.24. The summed E-state index contributed by atoms with van der Waals surface area (Å²) in [6.07, 6.45) is 3.28. The van der Waals surface area contributed by atoms with Crippen LogP contribution in [-0.4, -0.2) is 51.7 Å². The SMILES string of the molecule is COc1ccc2[nH]cc(CCNC(=O)c3cc4n(n3)CCCN(Cc3ccc(F)cc3)C4=O)c2c1. The Labute approximate surface area is 201 Å². The first-order chi connectivity index (χ1) is 17.0. The topological polar surface area (TPSA) is 92.2 Å². The second-order valence-corrected chi connectivity index (χ2v) is 8.58. The molecular weight excluding hydrogens is 449 g/mol. The summed E-state index contributed by atoms with van der Waals surface area (Å²) in [5.74, 6) is -0.0406. The zero-order chi connectivity index (χ0) is 24.4. The van der Waals surface area contributed by atoms with Crippen LogP contribution in [0.5, 0.6) is 5.75 Å². The standard InChI is InChI=1S/C26H26FN5O3/c1-35-20-7-8-22-21(13-20)18(15-29-22)9-10-28-25(33)23-14-24-26(34)31(11-2-12-32(24)30-23)16-17-3-5-19(27)6-4-17/h3-8,13-15,29H,2,9-12,16H2,1H3,(H,28,33). The molecule has 2 aromatic carbocycles. The number of nitrogens with zero attached hydrogens (tertiary/aromatic N) is 3. The van der Waals surface area contributed by atoms with Crippen molar-refractivity contribution in [3.63, 3.8) is 0 Å². The Balaban J connectivity index is 1.24. The van der Waals surface area contributed by atoms with Gasteiger partial charge in [-0.3, -0.25) is 14.3 Å². The maximum atomic E-state index is 13.2. The van der Waals surface area contributed by atoms with Crippen molar-refractivity contribution < 1.29 is 18.7 Å². The first-order valence-corrected chi connectivity index (χ1v) is 11.6. The van der Waals surface area contributed by atoms with Crippen LogP contribution in [0.1, 0.15) is 38.5 Å². The summed E-state index contributed by atoms with van der Waals surface area (Å²) in [6.45, 7) is 1.92. The Bertz CT molecular complexity index is 1380. The molecule has 0 saturated heterocycles. The molecule has 5 rings (SSSR count). The maximum Gasteiger partial charge on any atom is 0.272 e. The van der Waals surface area contributed by atoms with Crippen molar-refractivity contribution in [3.05, 3.63) is 83.1 Å². The first-order valence-electron chi connectivity index (χ1n) is 11.6. The second-order valence-electron chi connectivity index (χ2n) is 8.58. The van der Waals surface area contributed by atoms with Crippen molar-refractivity contribution in [2.45, 2.75) is 25.9 Å². The number of nitrogens with one attached hydrogen (secondary N) is 2. The molecule has 8 nitrogen and oxygen atoms in total. The lowest BCUT2D eigenvalue weighted by Crippen LogP contribution is -2.30. The van der Waals surface area contributed by atoms with Crippen LogP contribution in [0.15, 0.2) is 54.7 Å². The molecule has 1 aliphatic heterocycles. The highest BCUT2D eigenvalue weighted by atomic mass is 19.1. The molecule has 35 heavy (non-hydrogen) atoms. The second kappa shape index (κ2) is 9.61. The Kier molecular flexibility index (Phi) is 6.22. The minimum Gasteiger partial charge on any atom is -0.497 e. The van der Waals surface area contributed by atoms with Gasteiger partial charge in [-0.1, -0.05) is 12.1 Å². The third kappa shape index (κ3) is 4.75. The Morgan fingerprint density at radius 1 is 1.17 bits per heavy atom. The Morgan fingerprint density at radius 3 is 2.80 bits per heavy atom. The molecule has 4 aromatic rings. The minimum atomic E-state index is -0.319. The van der Waals surface area contributed by atoms with Crippen molar-refractivity contribution in [2.24, 2.45) is 0 Å². The first kappa shape index (κ1) is 22.6. The van der Waals surface area contributed by atoms with E-state index < -0.39 is 0 Å². The lowest BCUT2D eigenvalue weighted by atomic mass is 10.1. The molecule has 0 unspecified atom stereocenters. The normalized spacial score (nSPS) is 13.5. The van der Waals surface area contributed by atoms with E-state index in [1.54, 1.807) is 34.9 Å². The number of fused-ring (bicyclic) bond motifs is 2. The molecule has 1 aliphatic rings.